The molecule has 176 valence electrons. The molecule has 0 aromatic carbocycles. The van der Waals surface area contributed by atoms with E-state index in [1.54, 1.807) is 13.0 Å². The summed E-state index contributed by atoms with van der Waals surface area (Å²) in [5, 5.41) is 9.72. The van der Waals surface area contributed by atoms with E-state index in [0.717, 1.165) is 0 Å². The summed E-state index contributed by atoms with van der Waals surface area (Å²) < 4.78 is 21.5. The SMILES string of the molecule is C=C1C(=O)O[C@@H]2/C=C(\CO)CC/C=C(\C(=O)OC)[C@H](OC(=O)[C@@H](C)CC)[C@H](OC(C)=O)[C@@H]12. The number of hydrogen-bond donors (Lipinski definition) is 1. The second kappa shape index (κ2) is 11.1. The predicted molar refractivity (Wildman–Crippen MR) is 112 cm³/mol. The standard InChI is InChI=1S/C23H30O9/c1-6-12(2)21(26)32-19-16(23(28)29-5)9-7-8-15(11-24)10-17-18(13(3)22(27)31-17)20(19)30-14(4)25/h9-10,12,17-20,24H,3,6-8,11H2,1-2,4-5H3/b15-10-,16-9-/t12-,17+,18-,19-,20+/m0/s1. The largest absolute Gasteiger partial charge is 0.466 e. The zero-order valence-corrected chi connectivity index (χ0v) is 18.8. The van der Waals surface area contributed by atoms with Crippen LogP contribution in [0.15, 0.2) is 35.5 Å². The molecule has 0 spiro atoms. The minimum Gasteiger partial charge on any atom is -0.466 e. The van der Waals surface area contributed by atoms with Gasteiger partial charge in [0.2, 0.25) is 0 Å². The number of allylic oxidation sites excluding steroid dienone is 1. The first-order valence-electron chi connectivity index (χ1n) is 10.5. The first-order valence-corrected chi connectivity index (χ1v) is 10.5. The highest BCUT2D eigenvalue weighted by molar-refractivity contribution is 5.93. The van der Waals surface area contributed by atoms with Crippen molar-refractivity contribution in [2.75, 3.05) is 13.7 Å². The van der Waals surface area contributed by atoms with E-state index < -0.39 is 54.0 Å². The van der Waals surface area contributed by atoms with Gasteiger partial charge in [0.1, 0.15) is 6.10 Å². The number of ether oxygens (including phenoxy) is 4. The van der Waals surface area contributed by atoms with Gasteiger partial charge in [0, 0.05) is 12.5 Å². The van der Waals surface area contributed by atoms with Crippen molar-refractivity contribution in [2.45, 2.75) is 58.3 Å². The van der Waals surface area contributed by atoms with Crippen LogP contribution in [0.4, 0.5) is 0 Å². The van der Waals surface area contributed by atoms with Crippen molar-refractivity contribution in [3.63, 3.8) is 0 Å². The highest BCUT2D eigenvalue weighted by atomic mass is 16.6. The van der Waals surface area contributed by atoms with E-state index in [1.807, 2.05) is 6.92 Å². The lowest BCUT2D eigenvalue weighted by atomic mass is 9.83. The van der Waals surface area contributed by atoms with E-state index in [1.165, 1.54) is 20.1 Å². The van der Waals surface area contributed by atoms with Gasteiger partial charge in [-0.15, -0.1) is 0 Å². The lowest BCUT2D eigenvalue weighted by Crippen LogP contribution is -2.46. The zero-order valence-electron chi connectivity index (χ0n) is 18.8. The number of esters is 4. The molecule has 1 saturated heterocycles. The fraction of sp³-hybridized carbons (Fsp3) is 0.565. The molecule has 1 aliphatic carbocycles. The Bertz CT molecular complexity index is 838. The second-order valence-corrected chi connectivity index (χ2v) is 7.83. The third kappa shape index (κ3) is 5.64. The number of aliphatic hydroxyl groups excluding tert-OH is 1. The van der Waals surface area contributed by atoms with Crippen molar-refractivity contribution in [3.05, 3.63) is 35.5 Å². The van der Waals surface area contributed by atoms with Gasteiger partial charge < -0.3 is 24.1 Å². The second-order valence-electron chi connectivity index (χ2n) is 7.83. The van der Waals surface area contributed by atoms with Crippen LogP contribution in [0.25, 0.3) is 0 Å². The normalized spacial score (nSPS) is 29.9. The summed E-state index contributed by atoms with van der Waals surface area (Å²) in [6, 6.07) is 0. The Morgan fingerprint density at radius 2 is 2.00 bits per heavy atom. The average Bonchev–Trinajstić information content (AvgIpc) is 3.04. The van der Waals surface area contributed by atoms with Crippen molar-refractivity contribution in [1.82, 2.24) is 0 Å². The molecule has 0 aromatic rings. The maximum atomic E-state index is 12.7. The maximum absolute atomic E-state index is 12.7. The van der Waals surface area contributed by atoms with Crippen molar-refractivity contribution in [1.29, 1.82) is 0 Å². The van der Waals surface area contributed by atoms with Crippen LogP contribution in [0.3, 0.4) is 0 Å². The van der Waals surface area contributed by atoms with Gasteiger partial charge in [0.15, 0.2) is 12.2 Å². The molecule has 0 saturated carbocycles. The molecule has 0 amide bonds. The Morgan fingerprint density at radius 3 is 2.56 bits per heavy atom. The van der Waals surface area contributed by atoms with Crippen LogP contribution in [0.5, 0.6) is 0 Å². The van der Waals surface area contributed by atoms with Gasteiger partial charge in [-0.2, -0.15) is 0 Å². The van der Waals surface area contributed by atoms with Crippen LogP contribution < -0.4 is 0 Å². The van der Waals surface area contributed by atoms with Crippen molar-refractivity contribution >= 4 is 23.9 Å². The van der Waals surface area contributed by atoms with Gasteiger partial charge in [-0.25, -0.2) is 9.59 Å². The highest BCUT2D eigenvalue weighted by Gasteiger charge is 2.50. The molecule has 0 radical (unpaired) electrons. The summed E-state index contributed by atoms with van der Waals surface area (Å²) in [5.74, 6) is -4.22. The first kappa shape index (κ1) is 25.3. The number of carbonyl (C=O) groups is 4. The summed E-state index contributed by atoms with van der Waals surface area (Å²) in [5.41, 5.74) is 0.546. The fourth-order valence-corrected chi connectivity index (χ4v) is 3.65. The van der Waals surface area contributed by atoms with Crippen LogP contribution in [0.1, 0.15) is 40.0 Å². The molecular weight excluding hydrogens is 420 g/mol. The Balaban J connectivity index is 2.69. The number of methoxy groups -OCH3 is 1. The summed E-state index contributed by atoms with van der Waals surface area (Å²) in [7, 11) is 1.18. The van der Waals surface area contributed by atoms with Gasteiger partial charge in [0.05, 0.1) is 31.1 Å². The third-order valence-electron chi connectivity index (χ3n) is 5.63. The van der Waals surface area contributed by atoms with Gasteiger partial charge in [-0.3, -0.25) is 9.59 Å². The quantitative estimate of drug-likeness (QED) is 0.279. The topological polar surface area (TPSA) is 125 Å². The van der Waals surface area contributed by atoms with Crippen LogP contribution in [-0.4, -0.2) is 61.0 Å². The molecule has 2 aliphatic rings. The number of carbonyl (C=O) groups excluding carboxylic acids is 4. The van der Waals surface area contributed by atoms with Gasteiger partial charge in [-0.05, 0) is 30.9 Å². The molecule has 9 heteroatoms. The maximum Gasteiger partial charge on any atom is 0.337 e. The molecule has 1 aliphatic heterocycles. The average molecular weight is 450 g/mol. The minimum atomic E-state index is -1.35. The third-order valence-corrected chi connectivity index (χ3v) is 5.63. The molecule has 32 heavy (non-hydrogen) atoms. The summed E-state index contributed by atoms with van der Waals surface area (Å²) >= 11 is 0. The summed E-state index contributed by atoms with van der Waals surface area (Å²) in [4.78, 5) is 49.8. The molecule has 5 atom stereocenters. The van der Waals surface area contributed by atoms with Crippen molar-refractivity contribution in [2.24, 2.45) is 11.8 Å². The Hall–Kier alpha value is -2.94. The van der Waals surface area contributed by atoms with E-state index in [0.29, 0.717) is 24.8 Å². The zero-order chi connectivity index (χ0) is 24.0. The van der Waals surface area contributed by atoms with Gasteiger partial charge >= 0.3 is 23.9 Å². The first-order chi connectivity index (χ1) is 15.1. The molecule has 1 heterocycles. The molecule has 2 rings (SSSR count). The lowest BCUT2D eigenvalue weighted by molar-refractivity contribution is -0.172. The van der Waals surface area contributed by atoms with Crippen molar-refractivity contribution in [3.8, 4) is 0 Å². The fourth-order valence-electron chi connectivity index (χ4n) is 3.65. The monoisotopic (exact) mass is 450 g/mol. The highest BCUT2D eigenvalue weighted by Crippen LogP contribution is 2.38. The van der Waals surface area contributed by atoms with E-state index in [2.05, 4.69) is 6.58 Å². The molecule has 0 bridgehead atoms. The molecule has 9 nitrogen and oxygen atoms in total. The smallest absolute Gasteiger partial charge is 0.337 e. The molecule has 0 aromatic heterocycles. The van der Waals surface area contributed by atoms with Crippen LogP contribution >= 0.6 is 0 Å². The Labute approximate surface area is 187 Å². The number of rotatable bonds is 6. The summed E-state index contributed by atoms with van der Waals surface area (Å²) in [6.45, 7) is 8.13. The van der Waals surface area contributed by atoms with Crippen LogP contribution in [0.2, 0.25) is 0 Å². The van der Waals surface area contributed by atoms with E-state index in [4.69, 9.17) is 18.9 Å². The molecular formula is C23H30O9. The van der Waals surface area contributed by atoms with Crippen molar-refractivity contribution < 1.29 is 43.2 Å². The van der Waals surface area contributed by atoms with Gasteiger partial charge in [0.25, 0.3) is 0 Å². The van der Waals surface area contributed by atoms with E-state index in [-0.39, 0.29) is 17.8 Å². The lowest BCUT2D eigenvalue weighted by Gasteiger charge is -2.33. The predicted octanol–water partition coefficient (Wildman–Crippen LogP) is 1.79. The van der Waals surface area contributed by atoms with Gasteiger partial charge in [-0.1, -0.05) is 26.5 Å². The van der Waals surface area contributed by atoms with Crippen LogP contribution in [-0.2, 0) is 38.1 Å². The Morgan fingerprint density at radius 1 is 1.31 bits per heavy atom. The van der Waals surface area contributed by atoms with E-state index in [9.17, 15) is 24.3 Å². The molecule has 0 unspecified atom stereocenters. The molecule has 1 N–H and O–H groups in total. The minimum absolute atomic E-state index is 0.00386. The van der Waals surface area contributed by atoms with Crippen LogP contribution in [0, 0.1) is 11.8 Å². The Kier molecular flexibility index (Phi) is 8.77. The number of aliphatic hydroxyl groups is 1. The van der Waals surface area contributed by atoms with E-state index >= 15 is 0 Å². The number of fused-ring (bicyclic) bond motifs is 1. The number of hydrogen-bond acceptors (Lipinski definition) is 9. The summed E-state index contributed by atoms with van der Waals surface area (Å²) in [6.07, 6.45) is 0.692. The molecule has 1 fully saturated rings.